The number of hydrogen-bond acceptors (Lipinski definition) is 4. The van der Waals surface area contributed by atoms with E-state index in [1.807, 2.05) is 0 Å². The molecule has 0 heterocycles. The van der Waals surface area contributed by atoms with Gasteiger partial charge in [-0.05, 0) is 62.0 Å². The molecule has 148 valence electrons. The largest absolute Gasteiger partial charge is 0.377 e. The number of nitrogens with one attached hydrogen (secondary N) is 2. The van der Waals surface area contributed by atoms with Gasteiger partial charge in [0.1, 0.15) is 5.69 Å². The van der Waals surface area contributed by atoms with Gasteiger partial charge in [0.15, 0.2) is 0 Å². The number of nitro benzene ring substituents is 1. The van der Waals surface area contributed by atoms with Crippen LogP contribution in [0.1, 0.15) is 76.1 Å². The third-order valence-corrected chi connectivity index (χ3v) is 6.47. The van der Waals surface area contributed by atoms with Gasteiger partial charge in [-0.25, -0.2) is 0 Å². The lowest BCUT2D eigenvalue weighted by molar-refractivity contribution is -0.384. The Labute approximate surface area is 161 Å². The first-order valence-electron chi connectivity index (χ1n) is 10.2. The molecule has 2 N–H and O–H groups in total. The second kappa shape index (κ2) is 7.87. The van der Waals surface area contributed by atoms with Crippen LogP contribution in [0, 0.1) is 21.4 Å². The third-order valence-electron chi connectivity index (χ3n) is 6.47. The number of nitro groups is 1. The number of carbonyl (C=O) groups excluding carboxylic acids is 1. The normalized spacial score (nSPS) is 22.9. The Hall–Kier alpha value is -2.11. The van der Waals surface area contributed by atoms with E-state index in [-0.39, 0.29) is 17.6 Å². The summed E-state index contributed by atoms with van der Waals surface area (Å²) in [4.78, 5) is 23.6. The maximum Gasteiger partial charge on any atom is 0.293 e. The highest BCUT2D eigenvalue weighted by Crippen LogP contribution is 2.40. The van der Waals surface area contributed by atoms with E-state index in [9.17, 15) is 14.9 Å². The van der Waals surface area contributed by atoms with Crippen LogP contribution in [0.2, 0.25) is 0 Å². The molecule has 6 heteroatoms. The molecule has 6 nitrogen and oxygen atoms in total. The van der Waals surface area contributed by atoms with Crippen molar-refractivity contribution >= 4 is 17.3 Å². The number of carbonyl (C=O) groups is 1. The van der Waals surface area contributed by atoms with Gasteiger partial charge in [-0.15, -0.1) is 0 Å². The quantitative estimate of drug-likeness (QED) is 0.526. The Morgan fingerprint density at radius 1 is 1.15 bits per heavy atom. The van der Waals surface area contributed by atoms with Gasteiger partial charge in [0.25, 0.3) is 11.6 Å². The molecule has 2 aliphatic carbocycles. The van der Waals surface area contributed by atoms with Gasteiger partial charge >= 0.3 is 0 Å². The van der Waals surface area contributed by atoms with Crippen LogP contribution in [0.15, 0.2) is 18.2 Å². The summed E-state index contributed by atoms with van der Waals surface area (Å²) in [5, 5.41) is 17.6. The fourth-order valence-electron chi connectivity index (χ4n) is 3.97. The summed E-state index contributed by atoms with van der Waals surface area (Å²) in [7, 11) is 0. The fraction of sp³-hybridized carbons (Fsp3) is 0.667. The Morgan fingerprint density at radius 2 is 1.78 bits per heavy atom. The first kappa shape index (κ1) is 19.6. The monoisotopic (exact) mass is 373 g/mol. The van der Waals surface area contributed by atoms with E-state index < -0.39 is 4.92 Å². The minimum atomic E-state index is -0.417. The molecule has 1 amide bonds. The molecule has 2 aliphatic rings. The number of amides is 1. The van der Waals surface area contributed by atoms with Crippen LogP contribution in [0.4, 0.5) is 11.4 Å². The van der Waals surface area contributed by atoms with Crippen molar-refractivity contribution in [2.75, 3.05) is 5.32 Å². The molecular formula is C21H31N3O3. The maximum absolute atomic E-state index is 12.6. The molecule has 0 atom stereocenters. The van der Waals surface area contributed by atoms with E-state index in [0.29, 0.717) is 28.6 Å². The molecule has 0 spiro atoms. The van der Waals surface area contributed by atoms with Crippen molar-refractivity contribution in [2.24, 2.45) is 11.3 Å². The number of hydrogen-bond donors (Lipinski definition) is 2. The first-order valence-corrected chi connectivity index (χ1v) is 10.2. The summed E-state index contributed by atoms with van der Waals surface area (Å²) < 4.78 is 0. The summed E-state index contributed by atoms with van der Waals surface area (Å²) in [5.74, 6) is 0.485. The van der Waals surface area contributed by atoms with Gasteiger partial charge in [-0.2, -0.15) is 0 Å². The van der Waals surface area contributed by atoms with Gasteiger partial charge < -0.3 is 10.6 Å². The molecular weight excluding hydrogens is 342 g/mol. The van der Waals surface area contributed by atoms with E-state index in [0.717, 1.165) is 38.5 Å². The van der Waals surface area contributed by atoms with E-state index in [1.165, 1.54) is 12.5 Å². The third kappa shape index (κ3) is 4.79. The van der Waals surface area contributed by atoms with E-state index in [2.05, 4.69) is 31.4 Å². The zero-order chi connectivity index (χ0) is 19.6. The molecule has 0 aromatic heterocycles. The van der Waals surface area contributed by atoms with Gasteiger partial charge in [0, 0.05) is 23.7 Å². The second-order valence-corrected chi connectivity index (χ2v) is 8.77. The SMILES string of the molecule is CCC(C)(C)C1CCC(NC(=O)c2ccc(NC3CC3)c([N+](=O)[O-])c2)CC1. The zero-order valence-electron chi connectivity index (χ0n) is 16.6. The number of anilines is 1. The van der Waals surface area contributed by atoms with Crippen LogP contribution in [-0.2, 0) is 0 Å². The maximum atomic E-state index is 12.6. The number of benzene rings is 1. The lowest BCUT2D eigenvalue weighted by atomic mass is 9.69. The molecule has 0 bridgehead atoms. The molecule has 3 rings (SSSR count). The topological polar surface area (TPSA) is 84.3 Å². The van der Waals surface area contributed by atoms with Crippen LogP contribution < -0.4 is 10.6 Å². The van der Waals surface area contributed by atoms with Gasteiger partial charge in [0.05, 0.1) is 4.92 Å². The summed E-state index contributed by atoms with van der Waals surface area (Å²) in [6.45, 7) is 6.89. The van der Waals surface area contributed by atoms with E-state index in [1.54, 1.807) is 12.1 Å². The first-order chi connectivity index (χ1) is 12.8. The molecule has 27 heavy (non-hydrogen) atoms. The smallest absolute Gasteiger partial charge is 0.293 e. The molecule has 0 aliphatic heterocycles. The average molecular weight is 373 g/mol. The lowest BCUT2D eigenvalue weighted by Gasteiger charge is -2.39. The predicted molar refractivity (Wildman–Crippen MR) is 107 cm³/mol. The molecule has 1 aromatic carbocycles. The van der Waals surface area contributed by atoms with E-state index in [4.69, 9.17) is 0 Å². The summed E-state index contributed by atoms with van der Waals surface area (Å²) in [6, 6.07) is 5.22. The number of nitrogens with zero attached hydrogens (tertiary/aromatic N) is 1. The Morgan fingerprint density at radius 3 is 2.33 bits per heavy atom. The second-order valence-electron chi connectivity index (χ2n) is 8.77. The number of rotatable bonds is 7. The van der Waals surface area contributed by atoms with Crippen LogP contribution in [0.5, 0.6) is 0 Å². The summed E-state index contributed by atoms with van der Waals surface area (Å²) in [5.41, 5.74) is 1.18. The molecule has 2 saturated carbocycles. The lowest BCUT2D eigenvalue weighted by Crippen LogP contribution is -2.39. The molecule has 1 aromatic rings. The van der Waals surface area contributed by atoms with Crippen molar-refractivity contribution in [3.05, 3.63) is 33.9 Å². The van der Waals surface area contributed by atoms with Gasteiger partial charge in [-0.1, -0.05) is 27.2 Å². The van der Waals surface area contributed by atoms with E-state index >= 15 is 0 Å². The minimum absolute atomic E-state index is 0.0250. The molecule has 2 fully saturated rings. The molecule has 0 radical (unpaired) electrons. The van der Waals surface area contributed by atoms with Gasteiger partial charge in [0.2, 0.25) is 0 Å². The highest BCUT2D eigenvalue weighted by molar-refractivity contribution is 5.96. The average Bonchev–Trinajstić information content (AvgIpc) is 3.46. The molecule has 0 saturated heterocycles. The fourth-order valence-corrected chi connectivity index (χ4v) is 3.97. The highest BCUT2D eigenvalue weighted by Gasteiger charge is 2.32. The van der Waals surface area contributed by atoms with Crippen molar-refractivity contribution in [1.82, 2.24) is 5.32 Å². The molecule has 0 unspecified atom stereocenters. The van der Waals surface area contributed by atoms with Crippen LogP contribution in [-0.4, -0.2) is 22.9 Å². The predicted octanol–water partition coefficient (Wildman–Crippen LogP) is 4.89. The Bertz CT molecular complexity index is 705. The van der Waals surface area contributed by atoms with Crippen molar-refractivity contribution in [3.8, 4) is 0 Å². The van der Waals surface area contributed by atoms with Crippen molar-refractivity contribution in [2.45, 2.75) is 77.8 Å². The Balaban J connectivity index is 1.61. The summed E-state index contributed by atoms with van der Waals surface area (Å²) >= 11 is 0. The standard InChI is InChI=1S/C21H31N3O3/c1-4-21(2,3)15-6-8-17(9-7-15)23-20(25)14-5-12-18(22-16-10-11-16)19(13-14)24(26)27/h5,12-13,15-17,22H,4,6-11H2,1-3H3,(H,23,25). The highest BCUT2D eigenvalue weighted by atomic mass is 16.6. The van der Waals surface area contributed by atoms with Crippen molar-refractivity contribution in [3.63, 3.8) is 0 Å². The van der Waals surface area contributed by atoms with Crippen LogP contribution in [0.3, 0.4) is 0 Å². The van der Waals surface area contributed by atoms with Crippen molar-refractivity contribution in [1.29, 1.82) is 0 Å². The zero-order valence-corrected chi connectivity index (χ0v) is 16.6. The minimum Gasteiger partial charge on any atom is -0.377 e. The summed E-state index contributed by atoms with van der Waals surface area (Å²) in [6.07, 6.45) is 7.44. The van der Waals surface area contributed by atoms with Crippen LogP contribution >= 0.6 is 0 Å². The van der Waals surface area contributed by atoms with Crippen LogP contribution in [0.25, 0.3) is 0 Å². The Kier molecular flexibility index (Phi) is 5.72. The van der Waals surface area contributed by atoms with Crippen molar-refractivity contribution < 1.29 is 9.72 Å². The van der Waals surface area contributed by atoms with Gasteiger partial charge in [-0.3, -0.25) is 14.9 Å².